The highest BCUT2D eigenvalue weighted by atomic mass is 16.7. The molecule has 1 saturated heterocycles. The third-order valence-corrected chi connectivity index (χ3v) is 8.04. The van der Waals surface area contributed by atoms with Gasteiger partial charge in [-0.3, -0.25) is 0 Å². The molecule has 4 nitrogen and oxygen atoms in total. The van der Waals surface area contributed by atoms with Crippen LogP contribution in [-0.4, -0.2) is 18.3 Å². The van der Waals surface area contributed by atoms with Crippen molar-refractivity contribution in [2.75, 3.05) is 9.80 Å². The highest BCUT2D eigenvalue weighted by Crippen LogP contribution is 2.41. The van der Waals surface area contributed by atoms with E-state index in [9.17, 15) is 0 Å². The molecule has 41 heavy (non-hydrogen) atoms. The highest BCUT2D eigenvalue weighted by molar-refractivity contribution is 6.62. The van der Waals surface area contributed by atoms with Crippen molar-refractivity contribution in [2.24, 2.45) is 0 Å². The van der Waals surface area contributed by atoms with Crippen LogP contribution in [0.25, 0.3) is 0 Å². The van der Waals surface area contributed by atoms with Crippen LogP contribution in [0, 0.1) is 0 Å². The molecule has 1 aliphatic heterocycles. The van der Waals surface area contributed by atoms with Crippen molar-refractivity contribution in [3.05, 3.63) is 140 Å². The molecule has 0 unspecified atom stereocenters. The molecule has 0 aromatic heterocycles. The summed E-state index contributed by atoms with van der Waals surface area (Å²) in [6.07, 6.45) is 0. The van der Waals surface area contributed by atoms with Crippen LogP contribution < -0.4 is 15.3 Å². The van der Waals surface area contributed by atoms with E-state index >= 15 is 0 Å². The van der Waals surface area contributed by atoms with Gasteiger partial charge in [0.15, 0.2) is 0 Å². The minimum Gasteiger partial charge on any atom is -0.399 e. The number of rotatable bonds is 7. The third-order valence-electron chi connectivity index (χ3n) is 8.04. The predicted octanol–water partition coefficient (Wildman–Crippen LogP) is 8.93. The molecular weight excluding hydrogens is 503 g/mol. The molecule has 1 fully saturated rings. The zero-order chi connectivity index (χ0) is 28.5. The first-order chi connectivity index (χ1) is 19.8. The van der Waals surface area contributed by atoms with Gasteiger partial charge in [-0.15, -0.1) is 0 Å². The fraction of sp³-hybridized carbons (Fsp3) is 0.167. The average molecular weight is 539 g/mol. The van der Waals surface area contributed by atoms with E-state index in [1.54, 1.807) is 0 Å². The molecule has 5 aromatic rings. The zero-order valence-electron chi connectivity index (χ0n) is 24.1. The minimum atomic E-state index is -0.435. The van der Waals surface area contributed by atoms with Gasteiger partial charge in [0, 0.05) is 34.1 Å². The standard InChI is InChI=1S/C36H35BN2O2/c1-35(2)36(3,4)41-37(40-35)28-16-14-23-32(26-28)39(31-21-12-7-13-22-31)34-25-15-24-33(27-34)38(29-17-8-5-9-18-29)30-19-10-6-11-20-30/h5-27H,1-4H3. The summed E-state index contributed by atoms with van der Waals surface area (Å²) < 4.78 is 12.8. The molecule has 0 N–H and O–H groups in total. The highest BCUT2D eigenvalue weighted by Gasteiger charge is 2.51. The van der Waals surface area contributed by atoms with Gasteiger partial charge in [0.1, 0.15) is 0 Å². The van der Waals surface area contributed by atoms with Crippen LogP contribution in [0.3, 0.4) is 0 Å². The number of para-hydroxylation sites is 3. The summed E-state index contributed by atoms with van der Waals surface area (Å²) in [6.45, 7) is 8.35. The quantitative estimate of drug-likeness (QED) is 0.193. The van der Waals surface area contributed by atoms with Crippen LogP contribution >= 0.6 is 0 Å². The van der Waals surface area contributed by atoms with E-state index in [0.717, 1.165) is 39.6 Å². The van der Waals surface area contributed by atoms with E-state index in [1.165, 1.54) is 0 Å². The van der Waals surface area contributed by atoms with Gasteiger partial charge >= 0.3 is 7.12 Å². The van der Waals surface area contributed by atoms with E-state index < -0.39 is 18.3 Å². The van der Waals surface area contributed by atoms with Gasteiger partial charge in [0.2, 0.25) is 0 Å². The Morgan fingerprint density at radius 3 is 1.20 bits per heavy atom. The third kappa shape index (κ3) is 5.39. The lowest BCUT2D eigenvalue weighted by Gasteiger charge is -2.32. The zero-order valence-corrected chi connectivity index (χ0v) is 24.1. The summed E-state index contributed by atoms with van der Waals surface area (Å²) >= 11 is 0. The smallest absolute Gasteiger partial charge is 0.399 e. The van der Waals surface area contributed by atoms with Gasteiger partial charge < -0.3 is 19.1 Å². The topological polar surface area (TPSA) is 24.9 Å². The Morgan fingerprint density at radius 1 is 0.415 bits per heavy atom. The molecule has 0 amide bonds. The molecule has 5 heteroatoms. The van der Waals surface area contributed by atoms with Crippen LogP contribution in [0.2, 0.25) is 0 Å². The first-order valence-corrected chi connectivity index (χ1v) is 14.1. The van der Waals surface area contributed by atoms with Gasteiger partial charge in [-0.25, -0.2) is 0 Å². The van der Waals surface area contributed by atoms with Gasteiger partial charge in [-0.2, -0.15) is 0 Å². The maximum Gasteiger partial charge on any atom is 0.494 e. The average Bonchev–Trinajstić information content (AvgIpc) is 3.22. The van der Waals surface area contributed by atoms with Crippen molar-refractivity contribution in [3.63, 3.8) is 0 Å². The molecule has 0 saturated carbocycles. The summed E-state index contributed by atoms with van der Waals surface area (Å²) in [7, 11) is -0.435. The summed E-state index contributed by atoms with van der Waals surface area (Å²) in [5.41, 5.74) is 6.62. The van der Waals surface area contributed by atoms with Crippen molar-refractivity contribution in [3.8, 4) is 0 Å². The van der Waals surface area contributed by atoms with E-state index in [2.05, 4.69) is 159 Å². The lowest BCUT2D eigenvalue weighted by molar-refractivity contribution is 0.00578. The van der Waals surface area contributed by atoms with Crippen LogP contribution in [0.4, 0.5) is 34.1 Å². The summed E-state index contributed by atoms with van der Waals surface area (Å²) in [6, 6.07) is 48.6. The predicted molar refractivity (Wildman–Crippen MR) is 172 cm³/mol. The number of hydrogen-bond acceptors (Lipinski definition) is 4. The summed E-state index contributed by atoms with van der Waals surface area (Å²) in [5.74, 6) is 0. The van der Waals surface area contributed by atoms with Gasteiger partial charge in [0.05, 0.1) is 11.2 Å². The Morgan fingerprint density at radius 2 is 0.756 bits per heavy atom. The van der Waals surface area contributed by atoms with E-state index in [-0.39, 0.29) is 0 Å². The second-order valence-corrected chi connectivity index (χ2v) is 11.4. The van der Waals surface area contributed by atoms with Gasteiger partial charge in [0.25, 0.3) is 0 Å². The fourth-order valence-electron chi connectivity index (χ4n) is 5.19. The Kier molecular flexibility index (Phi) is 7.16. The van der Waals surface area contributed by atoms with Crippen LogP contribution in [0.1, 0.15) is 27.7 Å². The van der Waals surface area contributed by atoms with Crippen molar-refractivity contribution < 1.29 is 9.31 Å². The first kappa shape index (κ1) is 26.9. The van der Waals surface area contributed by atoms with Gasteiger partial charge in [-0.1, -0.05) is 72.8 Å². The summed E-state index contributed by atoms with van der Waals surface area (Å²) in [5, 5.41) is 0. The molecule has 5 aromatic carbocycles. The molecule has 0 bridgehead atoms. The molecule has 0 atom stereocenters. The summed E-state index contributed by atoms with van der Waals surface area (Å²) in [4.78, 5) is 4.57. The Bertz CT molecular complexity index is 1550. The normalized spacial score (nSPS) is 15.5. The number of hydrogen-bond donors (Lipinski definition) is 0. The number of anilines is 6. The lowest BCUT2D eigenvalue weighted by Crippen LogP contribution is -2.41. The molecule has 1 aliphatic rings. The Balaban J connectivity index is 1.44. The van der Waals surface area contributed by atoms with Crippen molar-refractivity contribution in [1.82, 2.24) is 0 Å². The van der Waals surface area contributed by atoms with Crippen LogP contribution in [-0.2, 0) is 9.31 Å². The lowest BCUT2D eigenvalue weighted by atomic mass is 9.79. The Labute approximate surface area is 243 Å². The number of benzene rings is 5. The van der Waals surface area contributed by atoms with Crippen LogP contribution in [0.5, 0.6) is 0 Å². The van der Waals surface area contributed by atoms with E-state index in [1.807, 2.05) is 18.2 Å². The molecular formula is C36H35BN2O2. The molecule has 0 spiro atoms. The van der Waals surface area contributed by atoms with Crippen molar-refractivity contribution >= 4 is 46.7 Å². The second kappa shape index (κ2) is 10.9. The maximum atomic E-state index is 6.40. The van der Waals surface area contributed by atoms with E-state index in [0.29, 0.717) is 0 Å². The molecule has 1 heterocycles. The molecule has 0 radical (unpaired) electrons. The maximum absolute atomic E-state index is 6.40. The molecule has 6 rings (SSSR count). The first-order valence-electron chi connectivity index (χ1n) is 14.1. The van der Waals surface area contributed by atoms with Crippen LogP contribution in [0.15, 0.2) is 140 Å². The molecule has 0 aliphatic carbocycles. The largest absolute Gasteiger partial charge is 0.494 e. The SMILES string of the molecule is CC1(C)OB(c2cccc(N(c3ccccc3)c3cccc(N(c4ccccc4)c4ccccc4)c3)c2)OC1(C)C. The van der Waals surface area contributed by atoms with Crippen molar-refractivity contribution in [1.29, 1.82) is 0 Å². The Hall–Kier alpha value is -4.32. The second-order valence-electron chi connectivity index (χ2n) is 11.4. The van der Waals surface area contributed by atoms with Crippen molar-refractivity contribution in [2.45, 2.75) is 38.9 Å². The van der Waals surface area contributed by atoms with E-state index in [4.69, 9.17) is 9.31 Å². The van der Waals surface area contributed by atoms with Gasteiger partial charge in [-0.05, 0) is 99.9 Å². The number of nitrogens with zero attached hydrogens (tertiary/aromatic N) is 2. The molecule has 204 valence electrons. The fourth-order valence-corrected chi connectivity index (χ4v) is 5.19. The monoisotopic (exact) mass is 538 g/mol. The minimum absolute atomic E-state index is 0.403.